The fourth-order valence-corrected chi connectivity index (χ4v) is 1.27. The molecule has 0 saturated carbocycles. The number of unbranched alkanes of at least 4 members (excludes halogenated alkanes) is 1. The fourth-order valence-electron chi connectivity index (χ4n) is 1.27. The summed E-state index contributed by atoms with van der Waals surface area (Å²) in [5, 5.41) is 0. The molecule has 0 heterocycles. The Hall–Kier alpha value is -1.35. The van der Waals surface area contributed by atoms with Gasteiger partial charge in [-0.25, -0.2) is 4.79 Å². The Morgan fingerprint density at radius 1 is 1.12 bits per heavy atom. The molecule has 16 heavy (non-hydrogen) atoms. The van der Waals surface area contributed by atoms with Crippen molar-refractivity contribution in [3.05, 3.63) is 35.9 Å². The van der Waals surface area contributed by atoms with Crippen molar-refractivity contribution in [2.75, 3.05) is 19.8 Å². The highest BCUT2D eigenvalue weighted by atomic mass is 16.5. The smallest absolute Gasteiger partial charge is 0.338 e. The Labute approximate surface area is 96.4 Å². The molecule has 0 aromatic heterocycles. The molecule has 0 fully saturated rings. The van der Waals surface area contributed by atoms with Gasteiger partial charge >= 0.3 is 5.97 Å². The molecule has 0 unspecified atom stereocenters. The van der Waals surface area contributed by atoms with Crippen molar-refractivity contribution in [1.82, 2.24) is 0 Å². The number of rotatable bonds is 7. The van der Waals surface area contributed by atoms with Gasteiger partial charge in [0.1, 0.15) is 0 Å². The average Bonchev–Trinajstić information content (AvgIpc) is 2.34. The summed E-state index contributed by atoms with van der Waals surface area (Å²) in [6, 6.07) is 9.03. The summed E-state index contributed by atoms with van der Waals surface area (Å²) >= 11 is 0. The third-order valence-corrected chi connectivity index (χ3v) is 2.13. The van der Waals surface area contributed by atoms with Gasteiger partial charge in [-0.15, -0.1) is 0 Å². The minimum Gasteiger partial charge on any atom is -0.462 e. The second-order valence-electron chi connectivity index (χ2n) is 3.41. The molecular weight excluding hydrogens is 204 g/mol. The molecule has 0 aliphatic heterocycles. The zero-order chi connectivity index (χ0) is 11.6. The first kappa shape index (κ1) is 12.7. The molecule has 0 N–H and O–H groups in total. The lowest BCUT2D eigenvalue weighted by Gasteiger charge is -2.04. The molecule has 0 aliphatic carbocycles. The zero-order valence-corrected chi connectivity index (χ0v) is 9.65. The van der Waals surface area contributed by atoms with Crippen LogP contribution in [0.25, 0.3) is 0 Å². The Morgan fingerprint density at radius 2 is 1.81 bits per heavy atom. The molecule has 0 amide bonds. The van der Waals surface area contributed by atoms with Crippen LogP contribution in [0.4, 0.5) is 0 Å². The van der Waals surface area contributed by atoms with E-state index < -0.39 is 0 Å². The summed E-state index contributed by atoms with van der Waals surface area (Å²) in [6.45, 7) is 3.90. The lowest BCUT2D eigenvalue weighted by molar-refractivity contribution is 0.0484. The normalized spacial score (nSPS) is 10.1. The van der Waals surface area contributed by atoms with Crippen LogP contribution in [0.5, 0.6) is 0 Å². The summed E-state index contributed by atoms with van der Waals surface area (Å²) in [5.74, 6) is -0.253. The van der Waals surface area contributed by atoms with Gasteiger partial charge in [0.2, 0.25) is 0 Å². The predicted molar refractivity (Wildman–Crippen MR) is 62.5 cm³/mol. The number of esters is 1. The van der Waals surface area contributed by atoms with Crippen molar-refractivity contribution < 1.29 is 14.3 Å². The first-order chi connectivity index (χ1) is 7.84. The standard InChI is InChI=1S/C13H18O3/c1-2-15-10-6-7-11-16-13(14)12-8-4-3-5-9-12/h3-5,8-9H,2,6-7,10-11H2,1H3. The fraction of sp³-hybridized carbons (Fsp3) is 0.462. The van der Waals surface area contributed by atoms with Crippen LogP contribution in [0.15, 0.2) is 30.3 Å². The van der Waals surface area contributed by atoms with E-state index in [2.05, 4.69) is 0 Å². The van der Waals surface area contributed by atoms with Crippen LogP contribution in [-0.2, 0) is 9.47 Å². The van der Waals surface area contributed by atoms with Crippen LogP contribution in [0, 0.1) is 0 Å². The van der Waals surface area contributed by atoms with E-state index in [9.17, 15) is 4.79 Å². The van der Waals surface area contributed by atoms with Crippen LogP contribution in [0.3, 0.4) is 0 Å². The Morgan fingerprint density at radius 3 is 2.50 bits per heavy atom. The van der Waals surface area contributed by atoms with E-state index in [1.54, 1.807) is 12.1 Å². The summed E-state index contributed by atoms with van der Waals surface area (Å²) in [4.78, 5) is 11.5. The lowest BCUT2D eigenvalue weighted by atomic mass is 10.2. The monoisotopic (exact) mass is 222 g/mol. The molecule has 3 nitrogen and oxygen atoms in total. The summed E-state index contributed by atoms with van der Waals surface area (Å²) in [5.41, 5.74) is 0.604. The van der Waals surface area contributed by atoms with Crippen molar-refractivity contribution in [3.63, 3.8) is 0 Å². The number of carbonyl (C=O) groups excluding carboxylic acids is 1. The van der Waals surface area contributed by atoms with Gasteiger partial charge in [-0.2, -0.15) is 0 Å². The second kappa shape index (κ2) is 7.88. The van der Waals surface area contributed by atoms with Crippen LogP contribution < -0.4 is 0 Å². The van der Waals surface area contributed by atoms with Crippen LogP contribution in [0.1, 0.15) is 30.1 Å². The Balaban J connectivity index is 2.12. The summed E-state index contributed by atoms with van der Waals surface area (Å²) in [6.07, 6.45) is 1.77. The third-order valence-electron chi connectivity index (χ3n) is 2.13. The predicted octanol–water partition coefficient (Wildman–Crippen LogP) is 2.66. The molecule has 0 spiro atoms. The SMILES string of the molecule is CCOCCCCOC(=O)c1ccccc1. The second-order valence-corrected chi connectivity index (χ2v) is 3.41. The van der Waals surface area contributed by atoms with Crippen molar-refractivity contribution in [1.29, 1.82) is 0 Å². The zero-order valence-electron chi connectivity index (χ0n) is 9.65. The maximum Gasteiger partial charge on any atom is 0.338 e. The minimum absolute atomic E-state index is 0.253. The van der Waals surface area contributed by atoms with Gasteiger partial charge in [0.05, 0.1) is 12.2 Å². The van der Waals surface area contributed by atoms with Crippen molar-refractivity contribution in [2.24, 2.45) is 0 Å². The lowest BCUT2D eigenvalue weighted by Crippen LogP contribution is -2.07. The first-order valence-corrected chi connectivity index (χ1v) is 5.64. The molecule has 1 rings (SSSR count). The molecule has 3 heteroatoms. The topological polar surface area (TPSA) is 35.5 Å². The average molecular weight is 222 g/mol. The summed E-state index contributed by atoms with van der Waals surface area (Å²) < 4.78 is 10.3. The highest BCUT2D eigenvalue weighted by Gasteiger charge is 2.04. The van der Waals surface area contributed by atoms with E-state index in [1.807, 2.05) is 25.1 Å². The van der Waals surface area contributed by atoms with Gasteiger partial charge in [-0.05, 0) is 31.9 Å². The highest BCUT2D eigenvalue weighted by Crippen LogP contribution is 2.02. The van der Waals surface area contributed by atoms with E-state index in [0.29, 0.717) is 12.2 Å². The summed E-state index contributed by atoms with van der Waals surface area (Å²) in [7, 11) is 0. The van der Waals surface area contributed by atoms with E-state index in [4.69, 9.17) is 9.47 Å². The van der Waals surface area contributed by atoms with Crippen LogP contribution >= 0.6 is 0 Å². The van der Waals surface area contributed by atoms with Crippen molar-refractivity contribution >= 4 is 5.97 Å². The maximum absolute atomic E-state index is 11.5. The van der Waals surface area contributed by atoms with Gasteiger partial charge in [-0.3, -0.25) is 0 Å². The first-order valence-electron chi connectivity index (χ1n) is 5.64. The number of ether oxygens (including phenoxy) is 2. The molecule has 0 radical (unpaired) electrons. The van der Waals surface area contributed by atoms with Crippen molar-refractivity contribution in [3.8, 4) is 0 Å². The van der Waals surface area contributed by atoms with Gasteiger partial charge in [0.25, 0.3) is 0 Å². The molecule has 1 aromatic rings. The van der Waals surface area contributed by atoms with Gasteiger partial charge in [0, 0.05) is 13.2 Å². The van der Waals surface area contributed by atoms with Crippen LogP contribution in [-0.4, -0.2) is 25.8 Å². The minimum atomic E-state index is -0.253. The van der Waals surface area contributed by atoms with Gasteiger partial charge < -0.3 is 9.47 Å². The number of benzene rings is 1. The van der Waals surface area contributed by atoms with Gasteiger partial charge in [-0.1, -0.05) is 18.2 Å². The molecule has 0 bridgehead atoms. The number of hydrogen-bond acceptors (Lipinski definition) is 3. The van der Waals surface area contributed by atoms with Crippen LogP contribution in [0.2, 0.25) is 0 Å². The Kier molecular flexibility index (Phi) is 6.26. The Bertz CT molecular complexity index is 295. The van der Waals surface area contributed by atoms with E-state index >= 15 is 0 Å². The molecule has 88 valence electrons. The number of carbonyl (C=O) groups is 1. The number of hydrogen-bond donors (Lipinski definition) is 0. The molecule has 0 aliphatic rings. The largest absolute Gasteiger partial charge is 0.462 e. The molecule has 0 saturated heterocycles. The van der Waals surface area contributed by atoms with E-state index in [1.165, 1.54) is 0 Å². The molecular formula is C13H18O3. The van der Waals surface area contributed by atoms with E-state index in [-0.39, 0.29) is 5.97 Å². The molecule has 0 atom stereocenters. The van der Waals surface area contributed by atoms with E-state index in [0.717, 1.165) is 26.1 Å². The molecule has 1 aromatic carbocycles. The van der Waals surface area contributed by atoms with Crippen molar-refractivity contribution in [2.45, 2.75) is 19.8 Å². The maximum atomic E-state index is 11.5. The highest BCUT2D eigenvalue weighted by molar-refractivity contribution is 5.89. The third kappa shape index (κ3) is 4.94. The van der Waals surface area contributed by atoms with Gasteiger partial charge in [0.15, 0.2) is 0 Å². The quantitative estimate of drug-likeness (QED) is 0.525.